The van der Waals surface area contributed by atoms with Crippen molar-refractivity contribution in [2.24, 2.45) is 0 Å². The minimum absolute atomic E-state index is 0.0462. The van der Waals surface area contributed by atoms with Crippen LogP contribution >= 0.6 is 27.3 Å². The SMILES string of the molecule is CCc1cc2c(=O)n(CN3CCN(S(=O)(=O)c4cccc(Br)c4)CC3)cnc2s1. The first-order chi connectivity index (χ1) is 13.9. The highest BCUT2D eigenvalue weighted by Gasteiger charge is 2.28. The molecule has 1 aliphatic rings. The van der Waals surface area contributed by atoms with Crippen molar-refractivity contribution in [1.82, 2.24) is 18.8 Å². The average Bonchev–Trinajstić information content (AvgIpc) is 3.15. The van der Waals surface area contributed by atoms with Gasteiger partial charge in [-0.1, -0.05) is 28.9 Å². The maximum Gasteiger partial charge on any atom is 0.263 e. The van der Waals surface area contributed by atoms with Gasteiger partial charge in [-0.2, -0.15) is 4.31 Å². The van der Waals surface area contributed by atoms with Crippen LogP contribution in [0.1, 0.15) is 11.8 Å². The summed E-state index contributed by atoms with van der Waals surface area (Å²) in [5, 5.41) is 0.658. The van der Waals surface area contributed by atoms with Crippen molar-refractivity contribution >= 4 is 47.5 Å². The molecule has 0 aliphatic carbocycles. The van der Waals surface area contributed by atoms with Crippen LogP contribution in [-0.2, 0) is 23.1 Å². The first-order valence-corrected chi connectivity index (χ1v) is 12.4. The number of nitrogens with zero attached hydrogens (tertiary/aromatic N) is 4. The molecule has 3 heterocycles. The molecule has 154 valence electrons. The topological polar surface area (TPSA) is 75.5 Å². The molecule has 7 nitrogen and oxygen atoms in total. The van der Waals surface area contributed by atoms with Crippen molar-refractivity contribution < 1.29 is 8.42 Å². The van der Waals surface area contributed by atoms with E-state index in [9.17, 15) is 13.2 Å². The van der Waals surface area contributed by atoms with E-state index in [2.05, 4.69) is 32.7 Å². The van der Waals surface area contributed by atoms with Crippen LogP contribution in [0.15, 0.2) is 50.8 Å². The van der Waals surface area contributed by atoms with Gasteiger partial charge in [-0.3, -0.25) is 14.3 Å². The minimum Gasteiger partial charge on any atom is -0.285 e. The van der Waals surface area contributed by atoms with Crippen molar-refractivity contribution in [2.75, 3.05) is 26.2 Å². The molecule has 0 amide bonds. The van der Waals surface area contributed by atoms with E-state index in [1.54, 1.807) is 46.5 Å². The van der Waals surface area contributed by atoms with Gasteiger partial charge in [-0.25, -0.2) is 13.4 Å². The Morgan fingerprint density at radius 3 is 2.62 bits per heavy atom. The predicted octanol–water partition coefficient (Wildman–Crippen LogP) is 2.75. The second-order valence-corrected chi connectivity index (χ2v) is 10.9. The van der Waals surface area contributed by atoms with Crippen molar-refractivity contribution in [1.29, 1.82) is 0 Å². The summed E-state index contributed by atoms with van der Waals surface area (Å²) in [6.07, 6.45) is 2.47. The largest absolute Gasteiger partial charge is 0.285 e. The molecular weight excluding hydrogens is 476 g/mol. The number of fused-ring (bicyclic) bond motifs is 1. The molecule has 0 radical (unpaired) electrons. The Labute approximate surface area is 181 Å². The number of hydrogen-bond donors (Lipinski definition) is 0. The van der Waals surface area contributed by atoms with Gasteiger partial charge < -0.3 is 0 Å². The summed E-state index contributed by atoms with van der Waals surface area (Å²) in [5.41, 5.74) is -0.0462. The third-order valence-corrected chi connectivity index (χ3v) is 8.61. The van der Waals surface area contributed by atoms with Crippen LogP contribution in [-0.4, -0.2) is 53.4 Å². The quantitative estimate of drug-likeness (QED) is 0.542. The lowest BCUT2D eigenvalue weighted by Crippen LogP contribution is -2.49. The summed E-state index contributed by atoms with van der Waals surface area (Å²) in [5.74, 6) is 0. The second kappa shape index (κ2) is 8.27. The van der Waals surface area contributed by atoms with Crippen molar-refractivity contribution in [3.05, 3.63) is 56.4 Å². The Morgan fingerprint density at radius 2 is 1.93 bits per heavy atom. The zero-order valence-corrected chi connectivity index (χ0v) is 19.1. The Morgan fingerprint density at radius 1 is 1.17 bits per heavy atom. The third kappa shape index (κ3) is 4.17. The van der Waals surface area contributed by atoms with E-state index in [1.807, 2.05) is 6.07 Å². The van der Waals surface area contributed by atoms with Crippen LogP contribution in [0.3, 0.4) is 0 Å². The molecule has 1 saturated heterocycles. The molecule has 1 aromatic carbocycles. The van der Waals surface area contributed by atoms with Gasteiger partial charge in [0.2, 0.25) is 10.0 Å². The summed E-state index contributed by atoms with van der Waals surface area (Å²) in [6, 6.07) is 8.67. The van der Waals surface area contributed by atoms with Gasteiger partial charge >= 0.3 is 0 Å². The van der Waals surface area contributed by atoms with E-state index in [0.717, 1.165) is 20.6 Å². The molecule has 10 heteroatoms. The van der Waals surface area contributed by atoms with Crippen LogP contribution in [0, 0.1) is 0 Å². The highest BCUT2D eigenvalue weighted by Crippen LogP contribution is 2.22. The fourth-order valence-electron chi connectivity index (χ4n) is 3.39. The lowest BCUT2D eigenvalue weighted by atomic mass is 10.3. The molecule has 1 fully saturated rings. The smallest absolute Gasteiger partial charge is 0.263 e. The predicted molar refractivity (Wildman–Crippen MR) is 118 cm³/mol. The lowest BCUT2D eigenvalue weighted by Gasteiger charge is -2.34. The number of benzene rings is 1. The summed E-state index contributed by atoms with van der Waals surface area (Å²) in [7, 11) is -3.52. The average molecular weight is 497 g/mol. The van der Waals surface area contributed by atoms with Gasteiger partial charge in [0.25, 0.3) is 5.56 Å². The fourth-order valence-corrected chi connectivity index (χ4v) is 6.33. The minimum atomic E-state index is -3.52. The van der Waals surface area contributed by atoms with Crippen molar-refractivity contribution in [2.45, 2.75) is 24.9 Å². The normalized spacial score (nSPS) is 16.5. The highest BCUT2D eigenvalue weighted by atomic mass is 79.9. The van der Waals surface area contributed by atoms with Gasteiger partial charge in [0.05, 0.1) is 17.0 Å². The molecule has 4 rings (SSSR count). The Bertz CT molecular complexity index is 1200. The number of hydrogen-bond acceptors (Lipinski definition) is 6. The molecule has 3 aromatic rings. The molecule has 0 unspecified atom stereocenters. The number of rotatable bonds is 5. The maximum absolute atomic E-state index is 12.9. The van der Waals surface area contributed by atoms with Crippen molar-refractivity contribution in [3.8, 4) is 0 Å². The highest BCUT2D eigenvalue weighted by molar-refractivity contribution is 9.10. The monoisotopic (exact) mass is 496 g/mol. The molecule has 29 heavy (non-hydrogen) atoms. The summed E-state index contributed by atoms with van der Waals surface area (Å²) in [4.78, 5) is 21.5. The van der Waals surface area contributed by atoms with Crippen LogP contribution in [0.4, 0.5) is 0 Å². The van der Waals surface area contributed by atoms with Crippen LogP contribution in [0.5, 0.6) is 0 Å². The summed E-state index contributed by atoms with van der Waals surface area (Å²) < 4.78 is 29.6. The van der Waals surface area contributed by atoms with Crippen molar-refractivity contribution in [3.63, 3.8) is 0 Å². The van der Waals surface area contributed by atoms with Gasteiger partial charge in [0.1, 0.15) is 11.2 Å². The third-order valence-electron chi connectivity index (χ3n) is 5.04. The maximum atomic E-state index is 12.9. The Kier molecular flexibility index (Phi) is 5.90. The molecule has 0 atom stereocenters. The lowest BCUT2D eigenvalue weighted by molar-refractivity contribution is 0.150. The summed E-state index contributed by atoms with van der Waals surface area (Å²) in [6.45, 7) is 4.35. The molecule has 2 aromatic heterocycles. The van der Waals surface area contributed by atoms with Crippen LogP contribution < -0.4 is 5.56 Å². The van der Waals surface area contributed by atoms with E-state index in [1.165, 1.54) is 4.31 Å². The van der Waals surface area contributed by atoms with E-state index in [0.29, 0.717) is 38.2 Å². The Balaban J connectivity index is 1.46. The first kappa shape index (κ1) is 20.7. The number of halogens is 1. The molecule has 0 spiro atoms. The standard InChI is InChI=1S/C19H21BrN4O3S2/c1-2-15-11-17-18(28-15)21-12-23(19(17)25)13-22-6-8-24(9-7-22)29(26,27)16-5-3-4-14(20)10-16/h3-5,10-12H,2,6-9,13H2,1H3. The van der Waals surface area contributed by atoms with Gasteiger partial charge in [-0.05, 0) is 30.7 Å². The van der Waals surface area contributed by atoms with E-state index >= 15 is 0 Å². The van der Waals surface area contributed by atoms with E-state index < -0.39 is 10.0 Å². The molecule has 0 saturated carbocycles. The number of aromatic nitrogens is 2. The van der Waals surface area contributed by atoms with E-state index in [4.69, 9.17) is 0 Å². The Hall–Kier alpha value is -1.59. The van der Waals surface area contributed by atoms with Crippen LogP contribution in [0.2, 0.25) is 0 Å². The van der Waals surface area contributed by atoms with Gasteiger partial charge in [0.15, 0.2) is 0 Å². The number of thiophene rings is 1. The number of sulfonamides is 1. The zero-order chi connectivity index (χ0) is 20.6. The molecule has 0 N–H and O–H groups in total. The van der Waals surface area contributed by atoms with Gasteiger partial charge in [0, 0.05) is 35.5 Å². The summed E-state index contributed by atoms with van der Waals surface area (Å²) >= 11 is 4.88. The second-order valence-electron chi connectivity index (χ2n) is 6.93. The molecule has 1 aliphatic heterocycles. The molecule has 0 bridgehead atoms. The zero-order valence-electron chi connectivity index (χ0n) is 15.9. The number of piperazine rings is 1. The van der Waals surface area contributed by atoms with Gasteiger partial charge in [-0.15, -0.1) is 11.3 Å². The van der Waals surface area contributed by atoms with E-state index in [-0.39, 0.29) is 10.5 Å². The molecular formula is C19H21BrN4O3S2. The fraction of sp³-hybridized carbons (Fsp3) is 0.368. The first-order valence-electron chi connectivity index (χ1n) is 9.34. The number of aryl methyl sites for hydroxylation is 1. The van der Waals surface area contributed by atoms with Crippen LogP contribution in [0.25, 0.3) is 10.2 Å².